The summed E-state index contributed by atoms with van der Waals surface area (Å²) in [5.74, 6) is 0.478. The van der Waals surface area contributed by atoms with Gasteiger partial charge in [-0.3, -0.25) is 9.69 Å². The Morgan fingerprint density at radius 3 is 2.60 bits per heavy atom. The predicted octanol–water partition coefficient (Wildman–Crippen LogP) is 3.04. The lowest BCUT2D eigenvalue weighted by atomic mass is 10.1. The summed E-state index contributed by atoms with van der Waals surface area (Å²) in [6.07, 6.45) is 6.74. The summed E-state index contributed by atoms with van der Waals surface area (Å²) in [5, 5.41) is 2.94. The van der Waals surface area contributed by atoms with Crippen LogP contribution in [-0.2, 0) is 19.6 Å². The Hall–Kier alpha value is -2.11. The minimum atomic E-state index is -0.138. The summed E-state index contributed by atoms with van der Waals surface area (Å²) >= 11 is 0. The molecule has 1 amide bonds. The van der Waals surface area contributed by atoms with Crippen LogP contribution in [0.25, 0.3) is 0 Å². The van der Waals surface area contributed by atoms with Crippen molar-refractivity contribution in [3.63, 3.8) is 0 Å². The minimum absolute atomic E-state index is 0.138. The SMILES string of the molecule is NCc1cc(C(=O)NCc2cccc(CN3CCCCCC3)c2)co1. The lowest BCUT2D eigenvalue weighted by Crippen LogP contribution is -2.24. The molecular weight excluding hydrogens is 314 g/mol. The zero-order valence-corrected chi connectivity index (χ0v) is 14.7. The second-order valence-corrected chi connectivity index (χ2v) is 6.70. The third-order valence-corrected chi connectivity index (χ3v) is 4.67. The number of benzene rings is 1. The third-order valence-electron chi connectivity index (χ3n) is 4.67. The molecule has 0 radical (unpaired) electrons. The first-order chi connectivity index (χ1) is 12.2. The van der Waals surface area contributed by atoms with Gasteiger partial charge in [0.2, 0.25) is 0 Å². The first-order valence-electron chi connectivity index (χ1n) is 9.10. The van der Waals surface area contributed by atoms with Crippen molar-refractivity contribution < 1.29 is 9.21 Å². The van der Waals surface area contributed by atoms with E-state index in [1.165, 1.54) is 50.6 Å². The molecule has 1 aromatic carbocycles. The van der Waals surface area contributed by atoms with Gasteiger partial charge >= 0.3 is 0 Å². The number of nitrogens with zero attached hydrogens (tertiary/aromatic N) is 1. The molecule has 1 aromatic heterocycles. The average Bonchev–Trinajstić information content (AvgIpc) is 2.98. The van der Waals surface area contributed by atoms with Gasteiger partial charge in [-0.25, -0.2) is 0 Å². The van der Waals surface area contributed by atoms with E-state index in [2.05, 4.69) is 28.4 Å². The highest BCUT2D eigenvalue weighted by molar-refractivity contribution is 5.93. The van der Waals surface area contributed by atoms with E-state index in [0.29, 0.717) is 24.4 Å². The molecule has 0 bridgehead atoms. The predicted molar refractivity (Wildman–Crippen MR) is 98.0 cm³/mol. The molecule has 0 saturated carbocycles. The second kappa shape index (κ2) is 8.83. The maximum atomic E-state index is 12.2. The molecule has 0 unspecified atom stereocenters. The summed E-state index contributed by atoms with van der Waals surface area (Å²) in [7, 11) is 0. The van der Waals surface area contributed by atoms with Crippen LogP contribution < -0.4 is 11.1 Å². The highest BCUT2D eigenvalue weighted by atomic mass is 16.3. The van der Waals surface area contributed by atoms with Gasteiger partial charge in [-0.2, -0.15) is 0 Å². The van der Waals surface area contributed by atoms with E-state index in [1.807, 2.05) is 6.07 Å². The van der Waals surface area contributed by atoms with E-state index < -0.39 is 0 Å². The van der Waals surface area contributed by atoms with Gasteiger partial charge in [-0.1, -0.05) is 37.1 Å². The lowest BCUT2D eigenvalue weighted by Gasteiger charge is -2.20. The molecule has 5 nitrogen and oxygen atoms in total. The van der Waals surface area contributed by atoms with Crippen LogP contribution in [0.15, 0.2) is 41.0 Å². The summed E-state index contributed by atoms with van der Waals surface area (Å²) in [6, 6.07) is 10.2. The number of likely N-dealkylation sites (tertiary alicyclic amines) is 1. The van der Waals surface area contributed by atoms with Gasteiger partial charge in [0.05, 0.1) is 12.1 Å². The van der Waals surface area contributed by atoms with Gasteiger partial charge in [-0.05, 0) is 43.1 Å². The number of amides is 1. The van der Waals surface area contributed by atoms with E-state index in [1.54, 1.807) is 6.07 Å². The van der Waals surface area contributed by atoms with Crippen molar-refractivity contribution in [2.45, 2.75) is 45.3 Å². The number of carbonyl (C=O) groups excluding carboxylic acids is 1. The van der Waals surface area contributed by atoms with Crippen LogP contribution in [0.2, 0.25) is 0 Å². The molecule has 134 valence electrons. The molecule has 5 heteroatoms. The van der Waals surface area contributed by atoms with Gasteiger partial charge in [0, 0.05) is 13.1 Å². The van der Waals surface area contributed by atoms with Gasteiger partial charge in [0.25, 0.3) is 5.91 Å². The van der Waals surface area contributed by atoms with Gasteiger partial charge in [0.1, 0.15) is 12.0 Å². The molecule has 1 fully saturated rings. The highest BCUT2D eigenvalue weighted by Gasteiger charge is 2.11. The van der Waals surface area contributed by atoms with Crippen LogP contribution >= 0.6 is 0 Å². The molecule has 1 saturated heterocycles. The van der Waals surface area contributed by atoms with E-state index in [0.717, 1.165) is 12.1 Å². The fraction of sp³-hybridized carbons (Fsp3) is 0.450. The quantitative estimate of drug-likeness (QED) is 0.847. The molecule has 3 N–H and O–H groups in total. The standard InChI is InChI=1S/C20H27N3O2/c21-12-19-11-18(15-25-19)20(24)22-13-16-6-5-7-17(10-16)14-23-8-3-1-2-4-9-23/h5-7,10-11,15H,1-4,8-9,12-14,21H2,(H,22,24). The number of hydrogen-bond donors (Lipinski definition) is 2. The molecule has 1 aliphatic rings. The summed E-state index contributed by atoms with van der Waals surface area (Å²) in [4.78, 5) is 14.7. The molecule has 0 atom stereocenters. The Labute approximate surface area is 149 Å². The maximum absolute atomic E-state index is 12.2. The Balaban J connectivity index is 1.54. The van der Waals surface area contributed by atoms with Crippen molar-refractivity contribution in [3.8, 4) is 0 Å². The van der Waals surface area contributed by atoms with Crippen LogP contribution in [0.5, 0.6) is 0 Å². The van der Waals surface area contributed by atoms with Gasteiger partial charge in [0.15, 0.2) is 0 Å². The van der Waals surface area contributed by atoms with Crippen molar-refractivity contribution in [1.82, 2.24) is 10.2 Å². The number of rotatable bonds is 6. The van der Waals surface area contributed by atoms with Gasteiger partial charge in [-0.15, -0.1) is 0 Å². The average molecular weight is 341 g/mol. The van der Waals surface area contributed by atoms with Crippen LogP contribution in [0, 0.1) is 0 Å². The smallest absolute Gasteiger partial charge is 0.254 e. The number of nitrogens with one attached hydrogen (secondary N) is 1. The molecule has 2 heterocycles. The Morgan fingerprint density at radius 2 is 1.88 bits per heavy atom. The Kier molecular flexibility index (Phi) is 6.25. The summed E-state index contributed by atoms with van der Waals surface area (Å²) in [5.41, 5.74) is 8.44. The Bertz CT molecular complexity index is 688. The second-order valence-electron chi connectivity index (χ2n) is 6.70. The fourth-order valence-corrected chi connectivity index (χ4v) is 3.28. The zero-order valence-electron chi connectivity index (χ0n) is 14.7. The van der Waals surface area contributed by atoms with E-state index >= 15 is 0 Å². The maximum Gasteiger partial charge on any atom is 0.254 e. The first kappa shape index (κ1) is 17.7. The minimum Gasteiger partial charge on any atom is -0.467 e. The monoisotopic (exact) mass is 341 g/mol. The van der Waals surface area contributed by atoms with Crippen LogP contribution in [-0.4, -0.2) is 23.9 Å². The molecule has 0 spiro atoms. The molecule has 2 aromatic rings. The highest BCUT2D eigenvalue weighted by Crippen LogP contribution is 2.14. The molecule has 25 heavy (non-hydrogen) atoms. The summed E-state index contributed by atoms with van der Waals surface area (Å²) < 4.78 is 5.21. The third kappa shape index (κ3) is 5.18. The first-order valence-corrected chi connectivity index (χ1v) is 9.10. The molecule has 3 rings (SSSR count). The Morgan fingerprint density at radius 1 is 1.12 bits per heavy atom. The van der Waals surface area contributed by atoms with Crippen LogP contribution in [0.3, 0.4) is 0 Å². The van der Waals surface area contributed by atoms with Crippen molar-refractivity contribution in [1.29, 1.82) is 0 Å². The molecule has 0 aliphatic carbocycles. The van der Waals surface area contributed by atoms with Crippen molar-refractivity contribution in [2.24, 2.45) is 5.73 Å². The number of carbonyl (C=O) groups is 1. The molecular formula is C20H27N3O2. The van der Waals surface area contributed by atoms with Crippen molar-refractivity contribution >= 4 is 5.91 Å². The normalized spacial score (nSPS) is 15.7. The van der Waals surface area contributed by atoms with E-state index in [-0.39, 0.29) is 5.91 Å². The van der Waals surface area contributed by atoms with E-state index in [9.17, 15) is 4.79 Å². The number of hydrogen-bond acceptors (Lipinski definition) is 4. The zero-order chi connectivity index (χ0) is 17.5. The van der Waals surface area contributed by atoms with E-state index in [4.69, 9.17) is 10.2 Å². The molecule has 1 aliphatic heterocycles. The van der Waals surface area contributed by atoms with Crippen LogP contribution in [0.4, 0.5) is 0 Å². The van der Waals surface area contributed by atoms with Crippen molar-refractivity contribution in [3.05, 3.63) is 59.0 Å². The van der Waals surface area contributed by atoms with Crippen LogP contribution in [0.1, 0.15) is 52.9 Å². The lowest BCUT2D eigenvalue weighted by molar-refractivity contribution is 0.0950. The fourth-order valence-electron chi connectivity index (χ4n) is 3.28. The largest absolute Gasteiger partial charge is 0.467 e. The topological polar surface area (TPSA) is 71.5 Å². The van der Waals surface area contributed by atoms with Gasteiger partial charge < -0.3 is 15.5 Å². The number of furan rings is 1. The number of nitrogens with two attached hydrogens (primary N) is 1. The van der Waals surface area contributed by atoms with Crippen molar-refractivity contribution in [2.75, 3.05) is 13.1 Å². The summed E-state index contributed by atoms with van der Waals surface area (Å²) in [6.45, 7) is 4.17.